The fourth-order valence-electron chi connectivity index (χ4n) is 2.33. The second-order valence-electron chi connectivity index (χ2n) is 4.65. The molecule has 0 aliphatic heterocycles. The van der Waals surface area contributed by atoms with E-state index < -0.39 is 0 Å². The van der Waals surface area contributed by atoms with Crippen LogP contribution in [0, 0.1) is 26.6 Å². The van der Waals surface area contributed by atoms with E-state index in [-0.39, 0.29) is 11.9 Å². The van der Waals surface area contributed by atoms with Crippen LogP contribution in [0.2, 0.25) is 0 Å². The van der Waals surface area contributed by atoms with E-state index in [0.717, 1.165) is 21.6 Å². The Balaban J connectivity index is 2.51. The van der Waals surface area contributed by atoms with Gasteiger partial charge in [-0.05, 0) is 57.1 Å². The van der Waals surface area contributed by atoms with E-state index in [1.165, 1.54) is 4.88 Å². The fourth-order valence-corrected chi connectivity index (χ4v) is 3.33. The van der Waals surface area contributed by atoms with E-state index in [2.05, 4.69) is 24.4 Å². The van der Waals surface area contributed by atoms with Gasteiger partial charge < -0.3 is 5.32 Å². The lowest BCUT2D eigenvalue weighted by atomic mass is 9.97. The van der Waals surface area contributed by atoms with Crippen molar-refractivity contribution in [3.8, 4) is 0 Å². The first-order valence-corrected chi connectivity index (χ1v) is 6.85. The molecule has 1 aromatic heterocycles. The first-order chi connectivity index (χ1) is 8.52. The summed E-state index contributed by atoms with van der Waals surface area (Å²) in [7, 11) is 1.87. The highest BCUT2D eigenvalue weighted by Crippen LogP contribution is 2.32. The Morgan fingerprint density at radius 3 is 2.39 bits per heavy atom. The summed E-state index contributed by atoms with van der Waals surface area (Å²) < 4.78 is 14.2. The maximum absolute atomic E-state index is 14.2. The molecule has 0 spiro atoms. The van der Waals surface area contributed by atoms with Crippen molar-refractivity contribution < 1.29 is 4.39 Å². The molecule has 0 saturated carbocycles. The molecule has 1 unspecified atom stereocenters. The van der Waals surface area contributed by atoms with Crippen LogP contribution in [0.1, 0.15) is 32.5 Å². The summed E-state index contributed by atoms with van der Waals surface area (Å²) in [6.07, 6.45) is 0. The van der Waals surface area contributed by atoms with Crippen LogP contribution in [0.3, 0.4) is 0 Å². The molecule has 1 nitrogen and oxygen atoms in total. The second-order valence-corrected chi connectivity index (χ2v) is 5.97. The summed E-state index contributed by atoms with van der Waals surface area (Å²) in [5.74, 6) is -0.127. The number of halogens is 1. The summed E-state index contributed by atoms with van der Waals surface area (Å²) >= 11 is 1.71. The normalized spacial score (nSPS) is 12.7. The van der Waals surface area contributed by atoms with Crippen molar-refractivity contribution in [2.75, 3.05) is 7.05 Å². The number of hydrogen-bond donors (Lipinski definition) is 1. The average Bonchev–Trinajstić information content (AvgIpc) is 2.69. The molecule has 2 rings (SSSR count). The van der Waals surface area contributed by atoms with Crippen molar-refractivity contribution in [2.45, 2.75) is 26.8 Å². The van der Waals surface area contributed by atoms with E-state index in [9.17, 15) is 4.39 Å². The second kappa shape index (κ2) is 5.21. The Morgan fingerprint density at radius 1 is 1.17 bits per heavy atom. The van der Waals surface area contributed by atoms with Crippen molar-refractivity contribution in [3.05, 3.63) is 56.5 Å². The Kier molecular flexibility index (Phi) is 3.83. The first kappa shape index (κ1) is 13.2. The maximum Gasteiger partial charge on any atom is 0.128 e. The largest absolute Gasteiger partial charge is 0.309 e. The molecule has 0 amide bonds. The lowest BCUT2D eigenvalue weighted by molar-refractivity contribution is 0.575. The molecule has 3 heteroatoms. The molecule has 0 bridgehead atoms. The van der Waals surface area contributed by atoms with Gasteiger partial charge in [0, 0.05) is 15.3 Å². The minimum absolute atomic E-state index is 0.0655. The molecule has 96 valence electrons. The van der Waals surface area contributed by atoms with Gasteiger partial charge in [0.2, 0.25) is 0 Å². The molecule has 0 radical (unpaired) electrons. The third kappa shape index (κ3) is 2.47. The molecule has 1 N–H and O–H groups in total. The average molecular weight is 263 g/mol. The zero-order valence-corrected chi connectivity index (χ0v) is 12.0. The molecular weight excluding hydrogens is 245 g/mol. The molecule has 0 aliphatic carbocycles. The summed E-state index contributed by atoms with van der Waals surface area (Å²) in [4.78, 5) is 2.40. The zero-order valence-electron chi connectivity index (χ0n) is 11.2. The van der Waals surface area contributed by atoms with E-state index in [1.54, 1.807) is 17.4 Å². The SMILES string of the molecule is CNC(c1ccc(C)s1)c1c(C)cc(C)cc1F. The van der Waals surface area contributed by atoms with Crippen LogP contribution >= 0.6 is 11.3 Å². The van der Waals surface area contributed by atoms with Gasteiger partial charge in [-0.2, -0.15) is 0 Å². The van der Waals surface area contributed by atoms with Gasteiger partial charge in [0.15, 0.2) is 0 Å². The molecule has 1 heterocycles. The molecule has 0 aliphatic rings. The summed E-state index contributed by atoms with van der Waals surface area (Å²) in [5, 5.41) is 3.22. The summed E-state index contributed by atoms with van der Waals surface area (Å²) in [6.45, 7) is 5.96. The van der Waals surface area contributed by atoms with E-state index >= 15 is 0 Å². The Hall–Kier alpha value is -1.19. The van der Waals surface area contributed by atoms with Gasteiger partial charge in [-0.1, -0.05) is 6.07 Å². The third-order valence-corrected chi connectivity index (χ3v) is 4.17. The Labute approximate surface area is 112 Å². The highest BCUT2D eigenvalue weighted by molar-refractivity contribution is 7.12. The molecule has 1 atom stereocenters. The van der Waals surface area contributed by atoms with E-state index in [1.807, 2.05) is 27.0 Å². The quantitative estimate of drug-likeness (QED) is 0.878. The highest BCUT2D eigenvalue weighted by Gasteiger charge is 2.20. The first-order valence-electron chi connectivity index (χ1n) is 6.03. The van der Waals surface area contributed by atoms with E-state index in [4.69, 9.17) is 0 Å². The summed E-state index contributed by atoms with van der Waals surface area (Å²) in [6, 6.07) is 7.71. The lowest BCUT2D eigenvalue weighted by Gasteiger charge is -2.19. The Morgan fingerprint density at radius 2 is 1.89 bits per heavy atom. The number of benzene rings is 1. The number of hydrogen-bond acceptors (Lipinski definition) is 2. The van der Waals surface area contributed by atoms with Gasteiger partial charge in [0.1, 0.15) is 5.82 Å². The molecule has 0 saturated heterocycles. The number of thiophene rings is 1. The molecular formula is C15H18FNS. The van der Waals surface area contributed by atoms with Crippen molar-refractivity contribution in [3.63, 3.8) is 0 Å². The molecule has 18 heavy (non-hydrogen) atoms. The highest BCUT2D eigenvalue weighted by atomic mass is 32.1. The fraction of sp³-hybridized carbons (Fsp3) is 0.333. The van der Waals surface area contributed by atoms with Crippen molar-refractivity contribution in [1.82, 2.24) is 5.32 Å². The Bertz CT molecular complexity index is 536. The molecule has 0 fully saturated rings. The standard InChI is InChI=1S/C15H18FNS/c1-9-7-10(2)14(12(16)8-9)15(17-4)13-6-5-11(3)18-13/h5-8,15,17H,1-4H3. The van der Waals surface area contributed by atoms with Crippen LogP contribution in [0.25, 0.3) is 0 Å². The van der Waals surface area contributed by atoms with E-state index in [0.29, 0.717) is 0 Å². The van der Waals surface area contributed by atoms with Crippen LogP contribution in [0.15, 0.2) is 24.3 Å². The monoisotopic (exact) mass is 263 g/mol. The minimum Gasteiger partial charge on any atom is -0.309 e. The van der Waals surface area contributed by atoms with Gasteiger partial charge in [-0.25, -0.2) is 4.39 Å². The topological polar surface area (TPSA) is 12.0 Å². The van der Waals surface area contributed by atoms with Crippen molar-refractivity contribution in [2.24, 2.45) is 0 Å². The van der Waals surface area contributed by atoms with Crippen LogP contribution in [-0.2, 0) is 0 Å². The van der Waals surface area contributed by atoms with Gasteiger partial charge in [-0.3, -0.25) is 0 Å². The lowest BCUT2D eigenvalue weighted by Crippen LogP contribution is -2.19. The number of nitrogens with one attached hydrogen (secondary N) is 1. The smallest absolute Gasteiger partial charge is 0.128 e. The number of aryl methyl sites for hydroxylation is 3. The van der Waals surface area contributed by atoms with Gasteiger partial charge in [0.25, 0.3) is 0 Å². The third-order valence-electron chi connectivity index (χ3n) is 3.10. The van der Waals surface area contributed by atoms with Crippen molar-refractivity contribution >= 4 is 11.3 Å². The molecule has 2 aromatic rings. The van der Waals surface area contributed by atoms with Crippen LogP contribution < -0.4 is 5.32 Å². The predicted octanol–water partition coefficient (Wildman–Crippen LogP) is 4.12. The maximum atomic E-state index is 14.2. The zero-order chi connectivity index (χ0) is 13.3. The van der Waals surface area contributed by atoms with Crippen LogP contribution in [0.5, 0.6) is 0 Å². The van der Waals surface area contributed by atoms with Crippen molar-refractivity contribution in [1.29, 1.82) is 0 Å². The van der Waals surface area contributed by atoms with Gasteiger partial charge in [0.05, 0.1) is 6.04 Å². The number of rotatable bonds is 3. The van der Waals surface area contributed by atoms with Crippen LogP contribution in [0.4, 0.5) is 4.39 Å². The van der Waals surface area contributed by atoms with Gasteiger partial charge in [-0.15, -0.1) is 11.3 Å². The predicted molar refractivity (Wildman–Crippen MR) is 75.8 cm³/mol. The minimum atomic E-state index is -0.127. The van der Waals surface area contributed by atoms with Gasteiger partial charge >= 0.3 is 0 Å². The molecule has 1 aromatic carbocycles. The van der Waals surface area contributed by atoms with Crippen LogP contribution in [-0.4, -0.2) is 7.05 Å². The summed E-state index contributed by atoms with van der Waals surface area (Å²) in [5.41, 5.74) is 2.72.